The van der Waals surface area contributed by atoms with Gasteiger partial charge in [0.05, 0.1) is 20.8 Å². The van der Waals surface area contributed by atoms with Crippen LogP contribution in [0.1, 0.15) is 60.5 Å². The van der Waals surface area contributed by atoms with E-state index in [1.54, 1.807) is 0 Å². The number of rotatable bonds is 5. The van der Waals surface area contributed by atoms with Crippen LogP contribution in [0.15, 0.2) is 60.9 Å². The average Bonchev–Trinajstić information content (AvgIpc) is 3.66. The highest BCUT2D eigenvalue weighted by molar-refractivity contribution is 7.15. The molecule has 0 unspecified atom stereocenters. The van der Waals surface area contributed by atoms with Gasteiger partial charge in [0.15, 0.2) is 0 Å². The zero-order valence-electron chi connectivity index (χ0n) is 18.1. The Hall–Kier alpha value is -2.34. The molecule has 2 aliphatic rings. The van der Waals surface area contributed by atoms with Crippen LogP contribution in [0, 0.1) is 0 Å². The first-order valence-corrected chi connectivity index (χ1v) is 13.3. The van der Waals surface area contributed by atoms with E-state index in [0.29, 0.717) is 12.0 Å². The zero-order chi connectivity index (χ0) is 21.3. The van der Waals surface area contributed by atoms with Crippen LogP contribution in [0.4, 0.5) is 0 Å². The third kappa shape index (κ3) is 4.05. The predicted molar refractivity (Wildman–Crippen MR) is 135 cm³/mol. The van der Waals surface area contributed by atoms with E-state index in [0.717, 1.165) is 6.54 Å². The summed E-state index contributed by atoms with van der Waals surface area (Å²) in [5.41, 5.74) is 5.01. The molecule has 32 heavy (non-hydrogen) atoms. The Morgan fingerprint density at radius 2 is 1.16 bits per heavy atom. The summed E-state index contributed by atoms with van der Waals surface area (Å²) < 4.78 is 0. The molecule has 5 heteroatoms. The SMILES string of the molecule is c1cc(-c2cnc(C3CCCC3)s2)ccc1-c1ccc(-c2cnc([C@H]3CCCN3)s2)cc1. The van der Waals surface area contributed by atoms with E-state index in [9.17, 15) is 0 Å². The van der Waals surface area contributed by atoms with Crippen molar-refractivity contribution >= 4 is 22.7 Å². The average molecular weight is 458 g/mol. The summed E-state index contributed by atoms with van der Waals surface area (Å²) in [6, 6.07) is 18.3. The van der Waals surface area contributed by atoms with Crippen LogP contribution >= 0.6 is 22.7 Å². The van der Waals surface area contributed by atoms with E-state index in [1.807, 2.05) is 28.9 Å². The van der Waals surface area contributed by atoms with Crippen molar-refractivity contribution in [3.05, 3.63) is 70.9 Å². The molecule has 2 aromatic heterocycles. The van der Waals surface area contributed by atoms with Gasteiger partial charge in [0.1, 0.15) is 5.01 Å². The van der Waals surface area contributed by atoms with E-state index < -0.39 is 0 Å². The number of nitrogens with zero attached hydrogens (tertiary/aromatic N) is 2. The number of hydrogen-bond acceptors (Lipinski definition) is 5. The van der Waals surface area contributed by atoms with E-state index in [2.05, 4.69) is 65.0 Å². The van der Waals surface area contributed by atoms with Crippen molar-refractivity contribution in [1.82, 2.24) is 15.3 Å². The molecule has 0 radical (unpaired) electrons. The Balaban J connectivity index is 1.17. The monoisotopic (exact) mass is 457 g/mol. The van der Waals surface area contributed by atoms with Crippen LogP contribution < -0.4 is 5.32 Å². The van der Waals surface area contributed by atoms with Crippen molar-refractivity contribution in [3.63, 3.8) is 0 Å². The van der Waals surface area contributed by atoms with E-state index >= 15 is 0 Å². The maximum absolute atomic E-state index is 4.73. The lowest BCUT2D eigenvalue weighted by Crippen LogP contribution is -2.12. The summed E-state index contributed by atoms with van der Waals surface area (Å²) in [7, 11) is 0. The fraction of sp³-hybridized carbons (Fsp3) is 0.333. The number of benzene rings is 2. The molecule has 0 spiro atoms. The fourth-order valence-corrected chi connectivity index (χ4v) is 7.04. The lowest BCUT2D eigenvalue weighted by atomic mass is 10.0. The Labute approximate surface area is 197 Å². The van der Waals surface area contributed by atoms with Crippen molar-refractivity contribution in [2.75, 3.05) is 6.54 Å². The molecule has 3 heterocycles. The normalized spacial score (nSPS) is 19.1. The summed E-state index contributed by atoms with van der Waals surface area (Å²) >= 11 is 3.69. The summed E-state index contributed by atoms with van der Waals surface area (Å²) in [5, 5.41) is 6.09. The first-order chi connectivity index (χ1) is 15.8. The van der Waals surface area contributed by atoms with Gasteiger partial charge >= 0.3 is 0 Å². The van der Waals surface area contributed by atoms with E-state index in [4.69, 9.17) is 4.98 Å². The van der Waals surface area contributed by atoms with Crippen molar-refractivity contribution in [2.24, 2.45) is 0 Å². The topological polar surface area (TPSA) is 37.8 Å². The van der Waals surface area contributed by atoms with Crippen molar-refractivity contribution < 1.29 is 0 Å². The molecular formula is C27H27N3S2. The summed E-state index contributed by atoms with van der Waals surface area (Å²) in [6.45, 7) is 1.11. The Bertz CT molecular complexity index is 1080. The number of thiazole rings is 2. The third-order valence-corrected chi connectivity index (χ3v) is 9.15. The maximum Gasteiger partial charge on any atom is 0.110 e. The minimum Gasteiger partial charge on any atom is -0.308 e. The van der Waals surface area contributed by atoms with Crippen LogP contribution in [-0.4, -0.2) is 16.5 Å². The first-order valence-electron chi connectivity index (χ1n) is 11.7. The van der Waals surface area contributed by atoms with Gasteiger partial charge in [-0.25, -0.2) is 9.97 Å². The lowest BCUT2D eigenvalue weighted by Gasteiger charge is -2.06. The Morgan fingerprint density at radius 1 is 0.625 bits per heavy atom. The highest BCUT2D eigenvalue weighted by Crippen LogP contribution is 2.39. The van der Waals surface area contributed by atoms with Crippen LogP contribution in [0.25, 0.3) is 32.0 Å². The first kappa shape index (κ1) is 20.3. The third-order valence-electron chi connectivity index (χ3n) is 6.78. The van der Waals surface area contributed by atoms with Gasteiger partial charge in [-0.05, 0) is 54.5 Å². The minimum atomic E-state index is 0.444. The molecule has 1 N–H and O–H groups in total. The fourth-order valence-electron chi connectivity index (χ4n) is 4.91. The molecule has 2 aromatic carbocycles. The molecule has 1 saturated heterocycles. The highest BCUT2D eigenvalue weighted by atomic mass is 32.1. The molecule has 1 aliphatic carbocycles. The number of hydrogen-bond donors (Lipinski definition) is 1. The summed E-state index contributed by atoms with van der Waals surface area (Å²) in [6.07, 6.45) is 11.9. The standard InChI is InChI=1S/C27H27N3S2/c1-2-5-22(4-1)26-29-16-24(31-26)20-11-7-18(8-12-20)19-9-13-21(14-10-19)25-17-30-27(32-25)23-6-3-15-28-23/h7-14,16-17,22-23,28H,1-6,15H2/t23-/m1/s1. The summed E-state index contributed by atoms with van der Waals surface area (Å²) in [4.78, 5) is 11.9. The molecule has 3 nitrogen and oxygen atoms in total. The van der Waals surface area contributed by atoms with Gasteiger partial charge in [0.25, 0.3) is 0 Å². The molecule has 162 valence electrons. The number of nitrogens with one attached hydrogen (secondary N) is 1. The Kier molecular flexibility index (Phi) is 5.63. The van der Waals surface area contributed by atoms with Crippen LogP contribution in [0.5, 0.6) is 0 Å². The number of aromatic nitrogens is 2. The van der Waals surface area contributed by atoms with Gasteiger partial charge in [-0.3, -0.25) is 0 Å². The molecular weight excluding hydrogens is 430 g/mol. The van der Waals surface area contributed by atoms with Crippen molar-refractivity contribution in [3.8, 4) is 32.0 Å². The van der Waals surface area contributed by atoms with Gasteiger partial charge in [0.2, 0.25) is 0 Å². The molecule has 0 amide bonds. The summed E-state index contributed by atoms with van der Waals surface area (Å²) in [5.74, 6) is 0.690. The quantitative estimate of drug-likeness (QED) is 0.334. The van der Waals surface area contributed by atoms with E-state index in [1.165, 1.54) is 80.5 Å². The predicted octanol–water partition coefficient (Wildman–Crippen LogP) is 7.68. The highest BCUT2D eigenvalue weighted by Gasteiger charge is 2.21. The second-order valence-electron chi connectivity index (χ2n) is 8.91. The molecule has 1 aliphatic heterocycles. The second kappa shape index (κ2) is 8.89. The Morgan fingerprint density at radius 3 is 1.72 bits per heavy atom. The molecule has 6 rings (SSSR count). The molecule has 0 bridgehead atoms. The maximum atomic E-state index is 4.73. The smallest absolute Gasteiger partial charge is 0.110 e. The second-order valence-corrected chi connectivity index (χ2v) is 11.0. The van der Waals surface area contributed by atoms with Crippen LogP contribution in [0.3, 0.4) is 0 Å². The van der Waals surface area contributed by atoms with E-state index in [-0.39, 0.29) is 0 Å². The van der Waals surface area contributed by atoms with Gasteiger partial charge in [-0.1, -0.05) is 61.4 Å². The van der Waals surface area contributed by atoms with Crippen molar-refractivity contribution in [2.45, 2.75) is 50.5 Å². The van der Waals surface area contributed by atoms with Crippen LogP contribution in [-0.2, 0) is 0 Å². The van der Waals surface area contributed by atoms with Crippen molar-refractivity contribution in [1.29, 1.82) is 0 Å². The zero-order valence-corrected chi connectivity index (χ0v) is 19.7. The molecule has 2 fully saturated rings. The van der Waals surface area contributed by atoms with Gasteiger partial charge < -0.3 is 5.32 Å². The minimum absolute atomic E-state index is 0.444. The van der Waals surface area contributed by atoms with Gasteiger partial charge in [-0.2, -0.15) is 0 Å². The molecule has 1 saturated carbocycles. The largest absolute Gasteiger partial charge is 0.308 e. The lowest BCUT2D eigenvalue weighted by molar-refractivity contribution is 0.643. The molecule has 1 atom stereocenters. The van der Waals surface area contributed by atoms with Gasteiger partial charge in [-0.15, -0.1) is 22.7 Å². The molecule has 4 aromatic rings. The van der Waals surface area contributed by atoms with Gasteiger partial charge in [0, 0.05) is 18.3 Å². The van der Waals surface area contributed by atoms with Crippen LogP contribution in [0.2, 0.25) is 0 Å².